The number of nitrogens with one attached hydrogen (secondary N) is 1. The number of methoxy groups -OCH3 is 2. The van der Waals surface area contributed by atoms with Gasteiger partial charge in [-0.05, 0) is 49.7 Å². The highest BCUT2D eigenvalue weighted by atomic mass is 16.5. The minimum absolute atomic E-state index is 0.109. The van der Waals surface area contributed by atoms with Crippen molar-refractivity contribution in [3.05, 3.63) is 64.0 Å². The molecule has 0 unspecified atom stereocenters. The van der Waals surface area contributed by atoms with E-state index in [1.165, 1.54) is 6.07 Å². The molecule has 1 atom stereocenters. The van der Waals surface area contributed by atoms with Crippen LogP contribution in [-0.2, 0) is 11.2 Å². The Kier molecular flexibility index (Phi) is 5.74. The van der Waals surface area contributed by atoms with Crippen LogP contribution >= 0.6 is 0 Å². The Bertz CT molecular complexity index is 1260. The highest BCUT2D eigenvalue weighted by molar-refractivity contribution is 6.08. The molecule has 2 aromatic carbocycles. The van der Waals surface area contributed by atoms with Gasteiger partial charge >= 0.3 is 5.63 Å². The van der Waals surface area contributed by atoms with E-state index in [1.807, 2.05) is 30.3 Å². The molecule has 2 heterocycles. The van der Waals surface area contributed by atoms with Crippen LogP contribution in [0.4, 0.5) is 0 Å². The van der Waals surface area contributed by atoms with E-state index in [0.29, 0.717) is 34.9 Å². The monoisotopic (exact) mass is 436 g/mol. The van der Waals surface area contributed by atoms with Gasteiger partial charge in [0.25, 0.3) is 0 Å². The maximum atomic E-state index is 13.2. The second kappa shape index (κ2) is 8.49. The molecule has 0 aliphatic carbocycles. The summed E-state index contributed by atoms with van der Waals surface area (Å²) in [6.07, 6.45) is 2.48. The predicted molar refractivity (Wildman–Crippen MR) is 120 cm³/mol. The molecule has 1 N–H and O–H groups in total. The highest BCUT2D eigenvalue weighted by Crippen LogP contribution is 2.41. The summed E-state index contributed by atoms with van der Waals surface area (Å²) >= 11 is 0. The van der Waals surface area contributed by atoms with Crippen LogP contribution in [0, 0.1) is 0 Å². The Hall–Kier alpha value is -3.61. The Balaban J connectivity index is 1.63. The molecule has 1 aromatic heterocycles. The smallest absolute Gasteiger partial charge is 0.336 e. The quantitative estimate of drug-likeness (QED) is 0.470. The minimum Gasteiger partial charge on any atom is -0.493 e. The van der Waals surface area contributed by atoms with E-state index in [2.05, 4.69) is 4.99 Å². The number of benzene rings is 2. The third kappa shape index (κ3) is 3.98. The molecule has 1 aliphatic heterocycles. The van der Waals surface area contributed by atoms with Gasteiger partial charge in [0, 0.05) is 17.9 Å². The van der Waals surface area contributed by atoms with Gasteiger partial charge in [-0.15, -0.1) is 0 Å². The first-order chi connectivity index (χ1) is 15.3. The Labute approximate surface area is 185 Å². The van der Waals surface area contributed by atoms with Crippen LogP contribution in [0.15, 0.2) is 51.7 Å². The SMILES string of the molecule is COc1ccc(CC[NH+]=C[C@H]2C(=O)C(C)(C)Oc3ccc4ccc(=O)oc4c32)cc1OC. The molecule has 0 radical (unpaired) electrons. The van der Waals surface area contributed by atoms with E-state index in [0.717, 1.165) is 17.4 Å². The van der Waals surface area contributed by atoms with Crippen LogP contribution in [-0.4, -0.2) is 38.4 Å². The van der Waals surface area contributed by atoms with E-state index in [-0.39, 0.29) is 5.78 Å². The zero-order valence-corrected chi connectivity index (χ0v) is 18.6. The summed E-state index contributed by atoms with van der Waals surface area (Å²) in [6, 6.07) is 12.5. The molecule has 7 nitrogen and oxygen atoms in total. The van der Waals surface area contributed by atoms with Crippen molar-refractivity contribution in [1.29, 1.82) is 0 Å². The highest BCUT2D eigenvalue weighted by Gasteiger charge is 2.44. The number of hydrogen-bond acceptors (Lipinski definition) is 6. The normalized spacial score (nSPS) is 17.2. The summed E-state index contributed by atoms with van der Waals surface area (Å²) in [5.41, 5.74) is 0.550. The van der Waals surface area contributed by atoms with Crippen molar-refractivity contribution < 1.29 is 28.4 Å². The third-order valence-electron chi connectivity index (χ3n) is 5.63. The molecule has 0 fully saturated rings. The number of hydrogen-bond donors (Lipinski definition) is 1. The number of ketones is 1. The van der Waals surface area contributed by atoms with Crippen LogP contribution in [0.1, 0.15) is 30.9 Å². The fourth-order valence-corrected chi connectivity index (χ4v) is 3.96. The van der Waals surface area contributed by atoms with Crippen LogP contribution < -0.4 is 24.8 Å². The first-order valence-electron chi connectivity index (χ1n) is 10.4. The van der Waals surface area contributed by atoms with Gasteiger partial charge in [0.1, 0.15) is 23.8 Å². The maximum absolute atomic E-state index is 13.2. The van der Waals surface area contributed by atoms with Gasteiger partial charge in [0.2, 0.25) is 0 Å². The van der Waals surface area contributed by atoms with Crippen LogP contribution in [0.2, 0.25) is 0 Å². The fraction of sp³-hybridized carbons (Fsp3) is 0.320. The van der Waals surface area contributed by atoms with Gasteiger partial charge in [-0.25, -0.2) is 4.79 Å². The van der Waals surface area contributed by atoms with Crippen molar-refractivity contribution in [3.63, 3.8) is 0 Å². The van der Waals surface area contributed by atoms with E-state index in [1.54, 1.807) is 40.3 Å². The summed E-state index contributed by atoms with van der Waals surface area (Å²) in [6.45, 7) is 4.09. The average Bonchev–Trinajstić information content (AvgIpc) is 2.78. The number of carbonyl (C=O) groups is 1. The average molecular weight is 436 g/mol. The first-order valence-corrected chi connectivity index (χ1v) is 10.4. The topological polar surface area (TPSA) is 88.9 Å². The number of fused-ring (bicyclic) bond motifs is 3. The number of ether oxygens (including phenoxy) is 3. The molecule has 0 spiro atoms. The molecule has 0 saturated heterocycles. The predicted octanol–water partition coefficient (Wildman–Crippen LogP) is 2.03. The summed E-state index contributed by atoms with van der Waals surface area (Å²) in [7, 11) is 3.20. The molecule has 32 heavy (non-hydrogen) atoms. The molecular formula is C25H26NO6+. The number of carbonyl (C=O) groups excluding carboxylic acids is 1. The molecule has 0 bridgehead atoms. The van der Waals surface area contributed by atoms with Gasteiger partial charge in [-0.3, -0.25) is 9.79 Å². The Morgan fingerprint density at radius 2 is 1.78 bits per heavy atom. The zero-order valence-electron chi connectivity index (χ0n) is 18.6. The van der Waals surface area contributed by atoms with Gasteiger partial charge in [-0.2, -0.15) is 0 Å². The Morgan fingerprint density at radius 3 is 2.53 bits per heavy atom. The molecular weight excluding hydrogens is 410 g/mol. The fourth-order valence-electron chi connectivity index (χ4n) is 3.96. The molecule has 3 aromatic rings. The number of rotatable bonds is 6. The lowest BCUT2D eigenvalue weighted by atomic mass is 9.83. The Morgan fingerprint density at radius 1 is 1.03 bits per heavy atom. The second-order valence-corrected chi connectivity index (χ2v) is 8.16. The molecule has 0 amide bonds. The van der Waals surface area contributed by atoms with Crippen molar-refractivity contribution in [1.82, 2.24) is 0 Å². The maximum Gasteiger partial charge on any atom is 0.336 e. The molecule has 7 heteroatoms. The molecule has 0 saturated carbocycles. The van der Waals surface area contributed by atoms with Crippen molar-refractivity contribution in [2.75, 3.05) is 20.8 Å². The van der Waals surface area contributed by atoms with Gasteiger partial charge in [0.05, 0.1) is 19.8 Å². The van der Waals surface area contributed by atoms with Crippen molar-refractivity contribution in [2.24, 2.45) is 0 Å². The lowest BCUT2D eigenvalue weighted by Gasteiger charge is -2.33. The number of Topliss-reactive ketones (excluding diaryl/α,β-unsaturated/α-hetero) is 1. The van der Waals surface area contributed by atoms with Gasteiger partial charge < -0.3 is 18.6 Å². The summed E-state index contributed by atoms with van der Waals surface area (Å²) < 4.78 is 22.1. The second-order valence-electron chi connectivity index (χ2n) is 8.16. The van der Waals surface area contributed by atoms with E-state index >= 15 is 0 Å². The van der Waals surface area contributed by atoms with Gasteiger partial charge in [0.15, 0.2) is 29.1 Å². The van der Waals surface area contributed by atoms with E-state index in [4.69, 9.17) is 18.6 Å². The van der Waals surface area contributed by atoms with Crippen molar-refractivity contribution in [3.8, 4) is 17.2 Å². The van der Waals surface area contributed by atoms with Crippen LogP contribution in [0.3, 0.4) is 0 Å². The lowest BCUT2D eigenvalue weighted by molar-refractivity contribution is -0.452. The molecule has 1 aliphatic rings. The zero-order chi connectivity index (χ0) is 22.9. The van der Waals surface area contributed by atoms with E-state index in [9.17, 15) is 9.59 Å². The summed E-state index contributed by atoms with van der Waals surface area (Å²) in [4.78, 5) is 28.3. The molecule has 4 rings (SSSR count). The van der Waals surface area contributed by atoms with Gasteiger partial charge in [-0.1, -0.05) is 6.07 Å². The van der Waals surface area contributed by atoms with Crippen molar-refractivity contribution >= 4 is 23.0 Å². The first kappa shape index (κ1) is 21.6. The summed E-state index contributed by atoms with van der Waals surface area (Å²) in [5.74, 6) is 1.16. The van der Waals surface area contributed by atoms with Crippen molar-refractivity contribution in [2.45, 2.75) is 31.8 Å². The largest absolute Gasteiger partial charge is 0.493 e. The molecule has 166 valence electrons. The minimum atomic E-state index is -0.998. The van der Waals surface area contributed by atoms with Crippen LogP contribution in [0.25, 0.3) is 11.0 Å². The van der Waals surface area contributed by atoms with Crippen LogP contribution in [0.5, 0.6) is 17.2 Å². The third-order valence-corrected chi connectivity index (χ3v) is 5.63. The summed E-state index contributed by atoms with van der Waals surface area (Å²) in [5, 5.41) is 0.739. The van der Waals surface area contributed by atoms with E-state index < -0.39 is 17.1 Å². The lowest BCUT2D eigenvalue weighted by Crippen LogP contribution is -2.71. The standard InChI is InChI=1S/C25H25NO6/c1-25(2)24(28)17(14-26-12-11-15-5-8-18(29-3)20(13-15)30-4)22-19(32-25)9-6-16-7-10-21(27)31-23(16)22/h5-10,13-14,17H,11-12H2,1-4H3/p+1/t17-/m1/s1.